The van der Waals surface area contributed by atoms with Gasteiger partial charge in [0.2, 0.25) is 15.9 Å². The number of hydrogen-bond acceptors (Lipinski definition) is 3. The van der Waals surface area contributed by atoms with Gasteiger partial charge in [-0.2, -0.15) is 4.31 Å². The van der Waals surface area contributed by atoms with E-state index in [1.807, 2.05) is 30.3 Å². The molecule has 2 heterocycles. The molecule has 154 valence electrons. The monoisotopic (exact) mass is 420 g/mol. The molecule has 2 aromatic rings. The molecule has 5 nitrogen and oxygen atoms in total. The van der Waals surface area contributed by atoms with Crippen molar-refractivity contribution in [3.05, 3.63) is 65.7 Å². The van der Waals surface area contributed by atoms with Crippen molar-refractivity contribution in [3.63, 3.8) is 0 Å². The first-order valence-corrected chi connectivity index (χ1v) is 11.1. The minimum absolute atomic E-state index is 0.0187. The molecular weight excluding hydrogens is 398 g/mol. The molecule has 2 aromatic carbocycles. The lowest BCUT2D eigenvalue weighted by atomic mass is 9.98. The molecule has 2 atom stereocenters. The zero-order valence-electron chi connectivity index (χ0n) is 15.8. The van der Waals surface area contributed by atoms with Gasteiger partial charge in [-0.25, -0.2) is 17.2 Å². The summed E-state index contributed by atoms with van der Waals surface area (Å²) in [6.07, 6.45) is 1.92. The van der Waals surface area contributed by atoms with Gasteiger partial charge >= 0.3 is 0 Å². The summed E-state index contributed by atoms with van der Waals surface area (Å²) in [5.74, 6) is -2.24. The lowest BCUT2D eigenvalue weighted by Crippen LogP contribution is -2.43. The van der Waals surface area contributed by atoms with Gasteiger partial charge in [0.1, 0.15) is 0 Å². The highest BCUT2D eigenvalue weighted by atomic mass is 32.2. The van der Waals surface area contributed by atoms with Crippen molar-refractivity contribution >= 4 is 15.9 Å². The standard InChI is InChI=1S/C21H22F2N2O3S/c22-18-10-9-17(11-19(18)23)29(27,28)24-13-16-7-4-8-21(26)25(20(16)14-24)12-15-5-2-1-3-6-15/h1-3,5-6,9-11,16,20H,4,7-8,12-14H2. The van der Waals surface area contributed by atoms with Crippen LogP contribution < -0.4 is 0 Å². The summed E-state index contributed by atoms with van der Waals surface area (Å²) in [6, 6.07) is 12.0. The molecule has 8 heteroatoms. The quantitative estimate of drug-likeness (QED) is 0.764. The lowest BCUT2D eigenvalue weighted by molar-refractivity contribution is -0.133. The Kier molecular flexibility index (Phi) is 5.40. The molecule has 0 N–H and O–H groups in total. The third-order valence-corrected chi connectivity index (χ3v) is 7.61. The molecule has 0 spiro atoms. The second kappa shape index (κ2) is 7.84. The number of sulfonamides is 1. The van der Waals surface area contributed by atoms with E-state index in [2.05, 4.69) is 0 Å². The predicted octanol–water partition coefficient (Wildman–Crippen LogP) is 3.17. The Bertz CT molecular complexity index is 1010. The third kappa shape index (κ3) is 3.91. The van der Waals surface area contributed by atoms with Gasteiger partial charge in [0.25, 0.3) is 0 Å². The predicted molar refractivity (Wildman–Crippen MR) is 103 cm³/mol. The number of carbonyl (C=O) groups is 1. The van der Waals surface area contributed by atoms with Crippen LogP contribution in [0.5, 0.6) is 0 Å². The van der Waals surface area contributed by atoms with Crippen LogP contribution in [0.2, 0.25) is 0 Å². The van der Waals surface area contributed by atoms with Crippen molar-refractivity contribution in [2.75, 3.05) is 13.1 Å². The summed E-state index contributed by atoms with van der Waals surface area (Å²) >= 11 is 0. The Balaban J connectivity index is 1.60. The molecule has 29 heavy (non-hydrogen) atoms. The summed E-state index contributed by atoms with van der Waals surface area (Å²) in [4.78, 5) is 14.3. The molecule has 2 aliphatic rings. The molecule has 0 aromatic heterocycles. The zero-order chi connectivity index (χ0) is 20.6. The van der Waals surface area contributed by atoms with Crippen LogP contribution in [0.3, 0.4) is 0 Å². The first kappa shape index (κ1) is 20.0. The average Bonchev–Trinajstić information content (AvgIpc) is 3.07. The summed E-state index contributed by atoms with van der Waals surface area (Å²) in [7, 11) is -3.97. The summed E-state index contributed by atoms with van der Waals surface area (Å²) in [5.41, 5.74) is 0.989. The van der Waals surface area contributed by atoms with Crippen LogP contribution in [-0.2, 0) is 21.4 Å². The fourth-order valence-corrected chi connectivity index (χ4v) is 5.79. The van der Waals surface area contributed by atoms with E-state index in [0.29, 0.717) is 25.5 Å². The van der Waals surface area contributed by atoms with E-state index >= 15 is 0 Å². The highest BCUT2D eigenvalue weighted by molar-refractivity contribution is 7.89. The Hall–Kier alpha value is -2.32. The largest absolute Gasteiger partial charge is 0.334 e. The number of rotatable bonds is 4. The van der Waals surface area contributed by atoms with Crippen LogP contribution >= 0.6 is 0 Å². The summed E-state index contributed by atoms with van der Waals surface area (Å²) in [6.45, 7) is 0.856. The van der Waals surface area contributed by atoms with Crippen molar-refractivity contribution < 1.29 is 22.0 Å². The highest BCUT2D eigenvalue weighted by Gasteiger charge is 2.44. The van der Waals surface area contributed by atoms with Crippen LogP contribution in [0.15, 0.2) is 53.4 Å². The molecule has 0 aliphatic carbocycles. The number of hydrogen-bond donors (Lipinski definition) is 0. The van der Waals surface area contributed by atoms with Crippen molar-refractivity contribution in [1.29, 1.82) is 0 Å². The van der Waals surface area contributed by atoms with Crippen LogP contribution in [0.25, 0.3) is 0 Å². The number of carbonyl (C=O) groups excluding carboxylic acids is 1. The second-order valence-corrected chi connectivity index (χ2v) is 9.56. The van der Waals surface area contributed by atoms with Crippen LogP contribution in [-0.4, -0.2) is 42.7 Å². The number of halogens is 2. The van der Waals surface area contributed by atoms with Gasteiger partial charge in [0.15, 0.2) is 11.6 Å². The van der Waals surface area contributed by atoms with Gasteiger partial charge in [-0.3, -0.25) is 4.79 Å². The molecule has 2 unspecified atom stereocenters. The number of fused-ring (bicyclic) bond motifs is 1. The Morgan fingerprint density at radius 1 is 1.00 bits per heavy atom. The number of amides is 1. The van der Waals surface area contributed by atoms with Crippen LogP contribution in [0, 0.1) is 17.6 Å². The van der Waals surface area contributed by atoms with Crippen LogP contribution in [0.4, 0.5) is 8.78 Å². The van der Waals surface area contributed by atoms with Crippen molar-refractivity contribution in [2.24, 2.45) is 5.92 Å². The van der Waals surface area contributed by atoms with E-state index in [9.17, 15) is 22.0 Å². The van der Waals surface area contributed by atoms with E-state index in [4.69, 9.17) is 0 Å². The zero-order valence-corrected chi connectivity index (χ0v) is 16.6. The summed E-state index contributed by atoms with van der Waals surface area (Å²) < 4.78 is 54.1. The number of likely N-dealkylation sites (tertiary alicyclic amines) is 1. The lowest BCUT2D eigenvalue weighted by Gasteiger charge is -2.30. The normalized spacial score (nSPS) is 23.1. The van der Waals surface area contributed by atoms with E-state index in [1.54, 1.807) is 4.90 Å². The molecule has 4 rings (SSSR count). The molecule has 2 saturated heterocycles. The highest BCUT2D eigenvalue weighted by Crippen LogP contribution is 2.34. The second-order valence-electron chi connectivity index (χ2n) is 7.62. The molecule has 0 bridgehead atoms. The molecule has 1 amide bonds. The van der Waals surface area contributed by atoms with E-state index in [1.165, 1.54) is 4.31 Å². The molecule has 0 saturated carbocycles. The maximum absolute atomic E-state index is 13.6. The van der Waals surface area contributed by atoms with Gasteiger partial charge in [0.05, 0.1) is 4.90 Å². The fraction of sp³-hybridized carbons (Fsp3) is 0.381. The van der Waals surface area contributed by atoms with Gasteiger partial charge in [0, 0.05) is 32.1 Å². The average molecular weight is 420 g/mol. The summed E-state index contributed by atoms with van der Waals surface area (Å²) in [5, 5.41) is 0. The van der Waals surface area contributed by atoms with Crippen LogP contribution in [0.1, 0.15) is 24.8 Å². The van der Waals surface area contributed by atoms with E-state index < -0.39 is 21.7 Å². The maximum Gasteiger partial charge on any atom is 0.243 e. The van der Waals surface area contributed by atoms with Gasteiger partial charge in [-0.05, 0) is 42.5 Å². The maximum atomic E-state index is 13.6. The van der Waals surface area contributed by atoms with Gasteiger partial charge < -0.3 is 4.90 Å². The number of nitrogens with zero attached hydrogens (tertiary/aromatic N) is 2. The topological polar surface area (TPSA) is 57.7 Å². The molecule has 2 aliphatic heterocycles. The number of benzene rings is 2. The first-order chi connectivity index (χ1) is 13.9. The van der Waals surface area contributed by atoms with Crippen molar-refractivity contribution in [1.82, 2.24) is 9.21 Å². The van der Waals surface area contributed by atoms with Crippen molar-refractivity contribution in [2.45, 2.75) is 36.7 Å². The first-order valence-electron chi connectivity index (χ1n) is 9.65. The molecule has 0 radical (unpaired) electrons. The fourth-order valence-electron chi connectivity index (χ4n) is 4.26. The Morgan fingerprint density at radius 2 is 1.76 bits per heavy atom. The van der Waals surface area contributed by atoms with Gasteiger partial charge in [-0.15, -0.1) is 0 Å². The van der Waals surface area contributed by atoms with Crippen molar-refractivity contribution in [3.8, 4) is 0 Å². The SMILES string of the molecule is O=C1CCCC2CN(S(=O)(=O)c3ccc(F)c(F)c3)CC2N1Cc1ccccc1. The molecule has 2 fully saturated rings. The minimum atomic E-state index is -3.97. The van der Waals surface area contributed by atoms with E-state index in [0.717, 1.165) is 24.1 Å². The third-order valence-electron chi connectivity index (χ3n) is 5.78. The smallest absolute Gasteiger partial charge is 0.243 e. The Morgan fingerprint density at radius 3 is 2.48 bits per heavy atom. The van der Waals surface area contributed by atoms with Gasteiger partial charge in [-0.1, -0.05) is 30.3 Å². The Labute approximate surface area is 169 Å². The molecular formula is C21H22F2N2O3S. The minimum Gasteiger partial charge on any atom is -0.334 e. The van der Waals surface area contributed by atoms with E-state index in [-0.39, 0.29) is 35.9 Å².